The number of carbonyl (C=O) groups excluding carboxylic acids is 2. The van der Waals surface area contributed by atoms with Gasteiger partial charge in [0.1, 0.15) is 5.75 Å². The van der Waals surface area contributed by atoms with Gasteiger partial charge in [-0.05, 0) is 55.5 Å². The van der Waals surface area contributed by atoms with Gasteiger partial charge in [-0.1, -0.05) is 30.3 Å². The molecule has 3 aromatic rings. The number of sulfonamides is 1. The Labute approximate surface area is 191 Å². The van der Waals surface area contributed by atoms with Crippen LogP contribution in [0.5, 0.6) is 5.75 Å². The molecule has 0 aromatic heterocycles. The van der Waals surface area contributed by atoms with Gasteiger partial charge in [0.15, 0.2) is 6.10 Å². The first-order chi connectivity index (χ1) is 15.9. The molecule has 1 N–H and O–H groups in total. The van der Waals surface area contributed by atoms with E-state index in [0.29, 0.717) is 22.7 Å². The van der Waals surface area contributed by atoms with Crippen LogP contribution >= 0.6 is 0 Å². The van der Waals surface area contributed by atoms with Crippen LogP contribution in [0.1, 0.15) is 17.3 Å². The maximum atomic E-state index is 13.3. The zero-order valence-electron chi connectivity index (χ0n) is 17.8. The van der Waals surface area contributed by atoms with Crippen LogP contribution in [0.15, 0.2) is 83.8 Å². The Bertz CT molecular complexity index is 1260. The number of nitrogens with zero attached hydrogens (tertiary/aromatic N) is 1. The van der Waals surface area contributed by atoms with Crippen LogP contribution in [0.25, 0.3) is 0 Å². The molecular formula is C24H22N2O6S. The number of para-hydroxylation sites is 2. The molecule has 0 bridgehead atoms. The first kappa shape index (κ1) is 22.3. The lowest BCUT2D eigenvalue weighted by atomic mass is 10.2. The van der Waals surface area contributed by atoms with E-state index in [4.69, 9.17) is 9.47 Å². The van der Waals surface area contributed by atoms with Gasteiger partial charge in [0, 0.05) is 5.69 Å². The van der Waals surface area contributed by atoms with Gasteiger partial charge < -0.3 is 14.8 Å². The van der Waals surface area contributed by atoms with Crippen LogP contribution in [-0.2, 0) is 19.6 Å². The standard InChI is InChI=1S/C24H22N2O6S/c1-2-31-24(28)17-12-14-18(15-13-17)25-23(27)22-16-26(20-10-6-7-11-21(20)32-22)33(29,30)19-8-4-3-5-9-19/h3-15,22H,2,16H2,1H3,(H,25,27). The number of fused-ring (bicyclic) bond motifs is 1. The molecule has 1 heterocycles. The molecule has 0 radical (unpaired) electrons. The highest BCUT2D eigenvalue weighted by atomic mass is 32.2. The molecule has 9 heteroatoms. The average molecular weight is 467 g/mol. The molecule has 1 aliphatic heterocycles. The van der Waals surface area contributed by atoms with Crippen molar-refractivity contribution in [3.63, 3.8) is 0 Å². The van der Waals surface area contributed by atoms with Crippen LogP contribution in [0.4, 0.5) is 11.4 Å². The molecule has 0 saturated carbocycles. The van der Waals surface area contributed by atoms with E-state index in [9.17, 15) is 18.0 Å². The number of carbonyl (C=O) groups is 2. The smallest absolute Gasteiger partial charge is 0.338 e. The molecule has 1 atom stereocenters. The van der Waals surface area contributed by atoms with E-state index in [1.165, 1.54) is 28.6 Å². The molecule has 0 fully saturated rings. The van der Waals surface area contributed by atoms with E-state index >= 15 is 0 Å². The fourth-order valence-corrected chi connectivity index (χ4v) is 4.91. The van der Waals surface area contributed by atoms with Gasteiger partial charge in [-0.25, -0.2) is 13.2 Å². The topological polar surface area (TPSA) is 102 Å². The van der Waals surface area contributed by atoms with Crippen molar-refractivity contribution in [2.75, 3.05) is 22.8 Å². The number of nitrogens with one attached hydrogen (secondary N) is 1. The fourth-order valence-electron chi connectivity index (χ4n) is 3.41. The average Bonchev–Trinajstić information content (AvgIpc) is 2.84. The highest BCUT2D eigenvalue weighted by molar-refractivity contribution is 7.92. The number of amides is 1. The lowest BCUT2D eigenvalue weighted by Gasteiger charge is -2.34. The Morgan fingerprint density at radius 2 is 1.67 bits per heavy atom. The van der Waals surface area contributed by atoms with Crippen LogP contribution in [-0.4, -0.2) is 39.5 Å². The zero-order chi connectivity index (χ0) is 23.4. The van der Waals surface area contributed by atoms with Crippen molar-refractivity contribution in [3.05, 3.63) is 84.4 Å². The number of hydrogen-bond donors (Lipinski definition) is 1. The predicted molar refractivity (Wildman–Crippen MR) is 123 cm³/mol. The highest BCUT2D eigenvalue weighted by Crippen LogP contribution is 2.36. The fraction of sp³-hybridized carbons (Fsp3) is 0.167. The number of ether oxygens (including phenoxy) is 2. The number of benzene rings is 3. The third-order valence-corrected chi connectivity index (χ3v) is 6.82. The van der Waals surface area contributed by atoms with Crippen LogP contribution < -0.4 is 14.4 Å². The number of hydrogen-bond acceptors (Lipinski definition) is 6. The Kier molecular flexibility index (Phi) is 6.32. The largest absolute Gasteiger partial charge is 0.476 e. The third-order valence-electron chi connectivity index (χ3n) is 5.02. The van der Waals surface area contributed by atoms with Crippen molar-refractivity contribution in [2.45, 2.75) is 17.9 Å². The number of anilines is 2. The van der Waals surface area contributed by atoms with Crippen LogP contribution in [0.2, 0.25) is 0 Å². The normalized spacial score (nSPS) is 15.2. The monoisotopic (exact) mass is 466 g/mol. The van der Waals surface area contributed by atoms with Crippen molar-refractivity contribution in [1.29, 1.82) is 0 Å². The summed E-state index contributed by atoms with van der Waals surface area (Å²) < 4.78 is 38.6. The summed E-state index contributed by atoms with van der Waals surface area (Å²) in [6.07, 6.45) is -1.08. The van der Waals surface area contributed by atoms with Gasteiger partial charge in [-0.15, -0.1) is 0 Å². The third kappa shape index (κ3) is 4.68. The molecule has 0 aliphatic carbocycles. The SMILES string of the molecule is CCOC(=O)c1ccc(NC(=O)C2CN(S(=O)(=O)c3ccccc3)c3ccccc3O2)cc1. The lowest BCUT2D eigenvalue weighted by molar-refractivity contribution is -0.122. The second-order valence-corrected chi connectivity index (χ2v) is 9.07. The first-order valence-corrected chi connectivity index (χ1v) is 11.8. The Morgan fingerprint density at radius 3 is 2.36 bits per heavy atom. The van der Waals surface area contributed by atoms with Crippen molar-refractivity contribution >= 4 is 33.3 Å². The van der Waals surface area contributed by atoms with E-state index < -0.39 is 28.0 Å². The summed E-state index contributed by atoms with van der Waals surface area (Å²) in [6, 6.07) is 20.9. The Morgan fingerprint density at radius 1 is 1.00 bits per heavy atom. The Balaban J connectivity index is 1.57. The molecule has 0 spiro atoms. The molecule has 170 valence electrons. The second kappa shape index (κ2) is 9.33. The van der Waals surface area contributed by atoms with Gasteiger partial charge in [0.25, 0.3) is 15.9 Å². The number of rotatable bonds is 6. The highest BCUT2D eigenvalue weighted by Gasteiger charge is 2.37. The molecule has 1 amide bonds. The minimum Gasteiger partial charge on any atom is -0.476 e. The van der Waals surface area contributed by atoms with Crippen LogP contribution in [0.3, 0.4) is 0 Å². The summed E-state index contributed by atoms with van der Waals surface area (Å²) in [5, 5.41) is 2.71. The van der Waals surface area contributed by atoms with Gasteiger partial charge in [0.05, 0.1) is 29.3 Å². The van der Waals surface area contributed by atoms with Crippen molar-refractivity contribution in [2.24, 2.45) is 0 Å². The maximum absolute atomic E-state index is 13.3. The van der Waals surface area contributed by atoms with E-state index in [1.54, 1.807) is 61.5 Å². The zero-order valence-corrected chi connectivity index (χ0v) is 18.6. The molecule has 3 aromatic carbocycles. The van der Waals surface area contributed by atoms with E-state index in [2.05, 4.69) is 5.32 Å². The lowest BCUT2D eigenvalue weighted by Crippen LogP contribution is -2.48. The molecule has 0 saturated heterocycles. The Hall–Kier alpha value is -3.85. The molecule has 1 unspecified atom stereocenters. The maximum Gasteiger partial charge on any atom is 0.338 e. The van der Waals surface area contributed by atoms with Gasteiger partial charge >= 0.3 is 5.97 Å². The van der Waals surface area contributed by atoms with E-state index in [0.717, 1.165) is 0 Å². The van der Waals surface area contributed by atoms with E-state index in [1.807, 2.05) is 0 Å². The predicted octanol–water partition coefficient (Wildman–Crippen LogP) is 3.46. The minimum atomic E-state index is -3.91. The summed E-state index contributed by atoms with van der Waals surface area (Å²) in [5.41, 5.74) is 1.16. The van der Waals surface area contributed by atoms with Gasteiger partial charge in [-0.2, -0.15) is 0 Å². The molecule has 8 nitrogen and oxygen atoms in total. The summed E-state index contributed by atoms with van der Waals surface area (Å²) in [6.45, 7) is 1.79. The second-order valence-electron chi connectivity index (χ2n) is 7.21. The van der Waals surface area contributed by atoms with E-state index in [-0.39, 0.29) is 18.0 Å². The van der Waals surface area contributed by atoms with Crippen molar-refractivity contribution in [1.82, 2.24) is 0 Å². The van der Waals surface area contributed by atoms with Crippen molar-refractivity contribution < 1.29 is 27.5 Å². The van der Waals surface area contributed by atoms with Gasteiger partial charge in [-0.3, -0.25) is 9.10 Å². The molecule has 1 aliphatic rings. The number of esters is 1. The summed E-state index contributed by atoms with van der Waals surface area (Å²) in [4.78, 5) is 24.9. The van der Waals surface area contributed by atoms with Crippen molar-refractivity contribution in [3.8, 4) is 5.75 Å². The molecular weight excluding hydrogens is 444 g/mol. The van der Waals surface area contributed by atoms with Gasteiger partial charge in [0.2, 0.25) is 0 Å². The quantitative estimate of drug-likeness (QED) is 0.559. The van der Waals surface area contributed by atoms with Crippen LogP contribution in [0, 0.1) is 0 Å². The first-order valence-electron chi connectivity index (χ1n) is 10.3. The summed E-state index contributed by atoms with van der Waals surface area (Å²) in [7, 11) is -3.91. The summed E-state index contributed by atoms with van der Waals surface area (Å²) in [5.74, 6) is -0.674. The minimum absolute atomic E-state index is 0.121. The summed E-state index contributed by atoms with van der Waals surface area (Å²) >= 11 is 0. The molecule has 33 heavy (non-hydrogen) atoms. The molecule has 4 rings (SSSR count).